The van der Waals surface area contributed by atoms with Crippen LogP contribution in [0, 0.1) is 0 Å². The lowest BCUT2D eigenvalue weighted by atomic mass is 10.1. The number of hydrogen-bond acceptors (Lipinski definition) is 3. The van der Waals surface area contributed by atoms with Gasteiger partial charge >= 0.3 is 0 Å². The van der Waals surface area contributed by atoms with Crippen molar-refractivity contribution >= 4 is 5.91 Å². The van der Waals surface area contributed by atoms with Crippen molar-refractivity contribution in [1.29, 1.82) is 0 Å². The minimum atomic E-state index is 0.319. The van der Waals surface area contributed by atoms with Gasteiger partial charge in [-0.1, -0.05) is 12.8 Å². The third kappa shape index (κ3) is 3.45. The SMILES string of the molecule is CCN(C(=O)CN1CCC(N)CC1)C1CCCC1. The highest BCUT2D eigenvalue weighted by molar-refractivity contribution is 5.78. The monoisotopic (exact) mass is 253 g/mol. The topological polar surface area (TPSA) is 49.6 Å². The van der Waals surface area contributed by atoms with Crippen molar-refractivity contribution in [3.8, 4) is 0 Å². The number of likely N-dealkylation sites (tertiary alicyclic amines) is 1. The van der Waals surface area contributed by atoms with Crippen LogP contribution in [0.3, 0.4) is 0 Å². The van der Waals surface area contributed by atoms with Gasteiger partial charge in [0.1, 0.15) is 0 Å². The Hall–Kier alpha value is -0.610. The maximum Gasteiger partial charge on any atom is 0.236 e. The molecule has 0 unspecified atom stereocenters. The second kappa shape index (κ2) is 6.53. The van der Waals surface area contributed by atoms with Crippen molar-refractivity contribution in [3.05, 3.63) is 0 Å². The largest absolute Gasteiger partial charge is 0.339 e. The first kappa shape index (κ1) is 13.8. The molecular weight excluding hydrogens is 226 g/mol. The lowest BCUT2D eigenvalue weighted by molar-refractivity contribution is -0.134. The van der Waals surface area contributed by atoms with Gasteiger partial charge in [0.2, 0.25) is 5.91 Å². The van der Waals surface area contributed by atoms with E-state index in [9.17, 15) is 4.79 Å². The molecule has 0 radical (unpaired) electrons. The van der Waals surface area contributed by atoms with Crippen molar-refractivity contribution in [1.82, 2.24) is 9.80 Å². The molecule has 0 atom stereocenters. The Morgan fingerprint density at radius 1 is 1.22 bits per heavy atom. The maximum atomic E-state index is 12.4. The summed E-state index contributed by atoms with van der Waals surface area (Å²) in [5.74, 6) is 0.319. The molecule has 4 nitrogen and oxygen atoms in total. The Labute approximate surface area is 110 Å². The molecule has 2 fully saturated rings. The molecule has 0 aromatic heterocycles. The van der Waals surface area contributed by atoms with Crippen LogP contribution in [0.25, 0.3) is 0 Å². The third-order valence-electron chi connectivity index (χ3n) is 4.42. The summed E-state index contributed by atoms with van der Waals surface area (Å²) in [7, 11) is 0. The van der Waals surface area contributed by atoms with Gasteiger partial charge in [-0.05, 0) is 32.6 Å². The first-order valence-corrected chi connectivity index (χ1v) is 7.48. The molecule has 1 saturated heterocycles. The molecule has 1 saturated carbocycles. The second-order valence-electron chi connectivity index (χ2n) is 5.73. The summed E-state index contributed by atoms with van der Waals surface area (Å²) in [5, 5.41) is 0. The number of amides is 1. The van der Waals surface area contributed by atoms with Gasteiger partial charge in [0.25, 0.3) is 0 Å². The van der Waals surface area contributed by atoms with Crippen LogP contribution in [0.2, 0.25) is 0 Å². The van der Waals surface area contributed by atoms with Crippen LogP contribution in [0.5, 0.6) is 0 Å². The Morgan fingerprint density at radius 2 is 1.83 bits per heavy atom. The molecule has 18 heavy (non-hydrogen) atoms. The molecule has 0 bridgehead atoms. The van der Waals surface area contributed by atoms with Crippen LogP contribution in [-0.4, -0.2) is 54.0 Å². The van der Waals surface area contributed by atoms with E-state index < -0.39 is 0 Å². The van der Waals surface area contributed by atoms with Gasteiger partial charge in [0, 0.05) is 31.7 Å². The van der Waals surface area contributed by atoms with Gasteiger partial charge in [0.05, 0.1) is 6.54 Å². The Kier molecular flexibility index (Phi) is 5.01. The molecule has 2 rings (SSSR count). The predicted molar refractivity (Wildman–Crippen MR) is 73.3 cm³/mol. The van der Waals surface area contributed by atoms with Gasteiger partial charge < -0.3 is 10.6 Å². The summed E-state index contributed by atoms with van der Waals surface area (Å²) in [6.07, 6.45) is 7.03. The van der Waals surface area contributed by atoms with E-state index in [0.717, 1.165) is 32.5 Å². The van der Waals surface area contributed by atoms with Gasteiger partial charge in [-0.15, -0.1) is 0 Å². The fourth-order valence-corrected chi connectivity index (χ4v) is 3.25. The number of likely N-dealkylation sites (N-methyl/N-ethyl adjacent to an activating group) is 1. The van der Waals surface area contributed by atoms with Crippen molar-refractivity contribution in [2.75, 3.05) is 26.2 Å². The summed E-state index contributed by atoms with van der Waals surface area (Å²) in [6.45, 7) is 5.51. The first-order chi connectivity index (χ1) is 8.70. The first-order valence-electron chi connectivity index (χ1n) is 7.48. The summed E-state index contributed by atoms with van der Waals surface area (Å²) < 4.78 is 0. The summed E-state index contributed by atoms with van der Waals surface area (Å²) in [6, 6.07) is 0.850. The van der Waals surface area contributed by atoms with Gasteiger partial charge in [0.15, 0.2) is 0 Å². The molecule has 2 aliphatic rings. The second-order valence-corrected chi connectivity index (χ2v) is 5.73. The average Bonchev–Trinajstić information content (AvgIpc) is 2.87. The lowest BCUT2D eigenvalue weighted by Crippen LogP contribution is -2.48. The van der Waals surface area contributed by atoms with Crippen molar-refractivity contribution in [2.24, 2.45) is 5.73 Å². The maximum absolute atomic E-state index is 12.4. The number of carbonyl (C=O) groups excluding carboxylic acids is 1. The standard InChI is InChI=1S/C14H27N3O/c1-2-17(13-5-3-4-6-13)14(18)11-16-9-7-12(15)8-10-16/h12-13H,2-11,15H2,1H3. The number of piperidine rings is 1. The van der Waals surface area contributed by atoms with E-state index in [1.807, 2.05) is 0 Å². The third-order valence-corrected chi connectivity index (χ3v) is 4.42. The highest BCUT2D eigenvalue weighted by Crippen LogP contribution is 2.23. The Bertz CT molecular complexity index is 268. The molecule has 104 valence electrons. The lowest BCUT2D eigenvalue weighted by Gasteiger charge is -2.33. The average molecular weight is 253 g/mol. The number of carbonyl (C=O) groups is 1. The van der Waals surface area contributed by atoms with Gasteiger partial charge in [-0.25, -0.2) is 0 Å². The van der Waals surface area contributed by atoms with Crippen LogP contribution >= 0.6 is 0 Å². The van der Waals surface area contributed by atoms with Crippen LogP contribution in [0.15, 0.2) is 0 Å². The molecule has 0 aromatic carbocycles. The molecule has 4 heteroatoms. The van der Waals surface area contributed by atoms with E-state index in [0.29, 0.717) is 24.5 Å². The van der Waals surface area contributed by atoms with E-state index in [2.05, 4.69) is 16.7 Å². The zero-order chi connectivity index (χ0) is 13.0. The summed E-state index contributed by atoms with van der Waals surface area (Å²) >= 11 is 0. The zero-order valence-electron chi connectivity index (χ0n) is 11.6. The minimum Gasteiger partial charge on any atom is -0.339 e. The molecule has 2 N–H and O–H groups in total. The quantitative estimate of drug-likeness (QED) is 0.819. The molecule has 1 amide bonds. The fourth-order valence-electron chi connectivity index (χ4n) is 3.25. The molecule has 0 aromatic rings. The molecule has 1 aliphatic carbocycles. The minimum absolute atomic E-state index is 0.319. The normalized spacial score (nSPS) is 23.4. The fraction of sp³-hybridized carbons (Fsp3) is 0.929. The number of nitrogens with two attached hydrogens (primary N) is 1. The Morgan fingerprint density at radius 3 is 2.39 bits per heavy atom. The van der Waals surface area contributed by atoms with Crippen LogP contribution in [0.1, 0.15) is 45.4 Å². The molecular formula is C14H27N3O. The van der Waals surface area contributed by atoms with Crippen molar-refractivity contribution in [2.45, 2.75) is 57.5 Å². The number of hydrogen-bond donors (Lipinski definition) is 1. The smallest absolute Gasteiger partial charge is 0.236 e. The van der Waals surface area contributed by atoms with E-state index >= 15 is 0 Å². The number of rotatable bonds is 4. The van der Waals surface area contributed by atoms with Gasteiger partial charge in [-0.3, -0.25) is 9.69 Å². The van der Waals surface area contributed by atoms with Gasteiger partial charge in [-0.2, -0.15) is 0 Å². The predicted octanol–water partition coefficient (Wildman–Crippen LogP) is 1.20. The van der Waals surface area contributed by atoms with Crippen LogP contribution in [-0.2, 0) is 4.79 Å². The van der Waals surface area contributed by atoms with E-state index in [-0.39, 0.29) is 0 Å². The highest BCUT2D eigenvalue weighted by atomic mass is 16.2. The van der Waals surface area contributed by atoms with Crippen molar-refractivity contribution in [3.63, 3.8) is 0 Å². The zero-order valence-corrected chi connectivity index (χ0v) is 11.6. The molecule has 0 spiro atoms. The van der Waals surface area contributed by atoms with Crippen molar-refractivity contribution < 1.29 is 4.79 Å². The van der Waals surface area contributed by atoms with E-state index in [4.69, 9.17) is 5.73 Å². The Balaban J connectivity index is 1.81. The van der Waals surface area contributed by atoms with E-state index in [1.165, 1.54) is 25.7 Å². The molecule has 1 aliphatic heterocycles. The number of nitrogens with zero attached hydrogens (tertiary/aromatic N) is 2. The highest BCUT2D eigenvalue weighted by Gasteiger charge is 2.27. The van der Waals surface area contributed by atoms with E-state index in [1.54, 1.807) is 0 Å². The summed E-state index contributed by atoms with van der Waals surface area (Å²) in [5.41, 5.74) is 5.89. The molecule has 1 heterocycles. The van der Waals surface area contributed by atoms with Crippen LogP contribution < -0.4 is 5.73 Å². The van der Waals surface area contributed by atoms with Crippen LogP contribution in [0.4, 0.5) is 0 Å². The summed E-state index contributed by atoms with van der Waals surface area (Å²) in [4.78, 5) is 16.7.